The molecule has 0 saturated carbocycles. The molecule has 0 amide bonds. The van der Waals surface area contributed by atoms with Crippen LogP contribution in [0.1, 0.15) is 50.4 Å². The predicted molar refractivity (Wildman–Crippen MR) is 84.3 cm³/mol. The Hall–Kier alpha value is -1.06. The molecule has 0 spiro atoms. The number of nitrogens with two attached hydrogens (primary N) is 1. The molecular weight excluding hydrogens is 250 g/mol. The lowest BCUT2D eigenvalue weighted by molar-refractivity contribution is -0.0286. The van der Waals surface area contributed by atoms with E-state index < -0.39 is 0 Å². The van der Waals surface area contributed by atoms with Gasteiger partial charge in [-0.1, -0.05) is 32.9 Å². The maximum Gasteiger partial charge on any atom is 0.126 e. The average molecular weight is 279 g/mol. The minimum Gasteiger partial charge on any atom is -0.496 e. The van der Waals surface area contributed by atoms with Crippen molar-refractivity contribution < 1.29 is 9.47 Å². The lowest BCUT2D eigenvalue weighted by Crippen LogP contribution is -2.39. The molecule has 0 heterocycles. The van der Waals surface area contributed by atoms with Gasteiger partial charge in [-0.05, 0) is 37.3 Å². The molecule has 2 N–H and O–H groups in total. The van der Waals surface area contributed by atoms with Crippen LogP contribution in [0.25, 0.3) is 0 Å². The van der Waals surface area contributed by atoms with Crippen LogP contribution in [0.4, 0.5) is 0 Å². The van der Waals surface area contributed by atoms with Crippen molar-refractivity contribution >= 4 is 0 Å². The van der Waals surface area contributed by atoms with Crippen molar-refractivity contribution in [1.82, 2.24) is 0 Å². The number of rotatable bonds is 5. The topological polar surface area (TPSA) is 44.5 Å². The van der Waals surface area contributed by atoms with Gasteiger partial charge in [0, 0.05) is 12.2 Å². The summed E-state index contributed by atoms with van der Waals surface area (Å²) in [7, 11) is 1.70. The summed E-state index contributed by atoms with van der Waals surface area (Å²) >= 11 is 0. The lowest BCUT2D eigenvalue weighted by atomic mass is 9.81. The summed E-state index contributed by atoms with van der Waals surface area (Å²) in [6.07, 6.45) is -0.0523. The van der Waals surface area contributed by atoms with Crippen LogP contribution in [-0.4, -0.2) is 19.8 Å². The molecule has 0 radical (unpaired) electrons. The molecule has 0 fully saturated rings. The molecule has 0 saturated heterocycles. The molecule has 20 heavy (non-hydrogen) atoms. The normalized spacial score (nSPS) is 15.0. The van der Waals surface area contributed by atoms with E-state index in [1.807, 2.05) is 6.92 Å². The first-order chi connectivity index (χ1) is 9.23. The van der Waals surface area contributed by atoms with E-state index in [9.17, 15) is 0 Å². The van der Waals surface area contributed by atoms with Crippen LogP contribution >= 0.6 is 0 Å². The molecule has 0 bridgehead atoms. The van der Waals surface area contributed by atoms with Crippen molar-refractivity contribution in [3.05, 3.63) is 28.8 Å². The van der Waals surface area contributed by atoms with Gasteiger partial charge in [-0.3, -0.25) is 0 Å². The molecule has 1 aromatic carbocycles. The molecule has 2 atom stereocenters. The van der Waals surface area contributed by atoms with Crippen molar-refractivity contribution in [1.29, 1.82) is 0 Å². The zero-order valence-electron chi connectivity index (χ0n) is 13.9. The van der Waals surface area contributed by atoms with Gasteiger partial charge in [0.25, 0.3) is 0 Å². The van der Waals surface area contributed by atoms with Crippen LogP contribution in [0, 0.1) is 19.3 Å². The maximum atomic E-state index is 6.50. The fourth-order valence-corrected chi connectivity index (χ4v) is 2.58. The molecular formula is C17H29NO2. The summed E-state index contributed by atoms with van der Waals surface area (Å²) in [5.41, 5.74) is 9.84. The van der Waals surface area contributed by atoms with E-state index >= 15 is 0 Å². The quantitative estimate of drug-likeness (QED) is 0.892. The fourth-order valence-electron chi connectivity index (χ4n) is 2.58. The second-order valence-corrected chi connectivity index (χ2v) is 6.40. The second-order valence-electron chi connectivity index (χ2n) is 6.40. The standard InChI is InChI=1S/C17H29NO2/c1-8-20-16(17(4,5)6)14(18)13-10-9-11(2)12(3)15(13)19-7/h9-10,14,16H,8,18H2,1-7H3. The largest absolute Gasteiger partial charge is 0.496 e. The number of hydrogen-bond donors (Lipinski definition) is 1. The number of hydrogen-bond acceptors (Lipinski definition) is 3. The summed E-state index contributed by atoms with van der Waals surface area (Å²) < 4.78 is 11.5. The Labute approximate surface area is 123 Å². The zero-order chi connectivity index (χ0) is 15.5. The smallest absolute Gasteiger partial charge is 0.126 e. The molecule has 0 aromatic heterocycles. The first kappa shape index (κ1) is 17.0. The summed E-state index contributed by atoms with van der Waals surface area (Å²) in [6, 6.07) is 3.95. The van der Waals surface area contributed by atoms with Crippen molar-refractivity contribution in [3.8, 4) is 5.75 Å². The highest BCUT2D eigenvalue weighted by molar-refractivity contribution is 5.47. The van der Waals surface area contributed by atoms with Crippen molar-refractivity contribution in [2.24, 2.45) is 11.1 Å². The average Bonchev–Trinajstić information content (AvgIpc) is 2.36. The molecule has 1 aromatic rings. The number of benzene rings is 1. The van der Waals surface area contributed by atoms with E-state index in [-0.39, 0.29) is 17.6 Å². The Bertz CT molecular complexity index is 449. The monoisotopic (exact) mass is 279 g/mol. The van der Waals surface area contributed by atoms with Gasteiger partial charge in [0.15, 0.2) is 0 Å². The number of ether oxygens (including phenoxy) is 2. The van der Waals surface area contributed by atoms with Crippen LogP contribution in [0.2, 0.25) is 0 Å². The Balaban J connectivity index is 3.25. The molecule has 0 aliphatic carbocycles. The SMILES string of the molecule is CCOC(C(N)c1ccc(C)c(C)c1OC)C(C)(C)C. The van der Waals surface area contributed by atoms with E-state index in [0.717, 1.165) is 16.9 Å². The van der Waals surface area contributed by atoms with Gasteiger partial charge in [-0.15, -0.1) is 0 Å². The minimum atomic E-state index is -0.204. The van der Waals surface area contributed by atoms with Crippen LogP contribution in [0.5, 0.6) is 5.75 Å². The Morgan fingerprint density at radius 1 is 1.20 bits per heavy atom. The number of methoxy groups -OCH3 is 1. The summed E-state index contributed by atoms with van der Waals surface area (Å²) in [4.78, 5) is 0. The third-order valence-corrected chi connectivity index (χ3v) is 3.80. The lowest BCUT2D eigenvalue weighted by Gasteiger charge is -2.35. The summed E-state index contributed by atoms with van der Waals surface area (Å²) in [6.45, 7) is 13.3. The van der Waals surface area contributed by atoms with Gasteiger partial charge in [0.1, 0.15) is 5.75 Å². The highest BCUT2D eigenvalue weighted by Crippen LogP contribution is 2.37. The van der Waals surface area contributed by atoms with Crippen molar-refractivity contribution in [2.75, 3.05) is 13.7 Å². The van der Waals surface area contributed by atoms with Gasteiger partial charge in [-0.2, -0.15) is 0 Å². The van der Waals surface area contributed by atoms with Crippen molar-refractivity contribution in [3.63, 3.8) is 0 Å². The Morgan fingerprint density at radius 3 is 2.25 bits per heavy atom. The number of aryl methyl sites for hydroxylation is 1. The molecule has 0 aliphatic rings. The first-order valence-electron chi connectivity index (χ1n) is 7.25. The summed E-state index contributed by atoms with van der Waals surface area (Å²) in [5, 5.41) is 0. The molecule has 0 aliphatic heterocycles. The third kappa shape index (κ3) is 3.53. The van der Waals surface area contributed by atoms with E-state index in [4.69, 9.17) is 15.2 Å². The highest BCUT2D eigenvalue weighted by atomic mass is 16.5. The van der Waals surface area contributed by atoms with E-state index in [0.29, 0.717) is 6.61 Å². The van der Waals surface area contributed by atoms with E-state index in [1.165, 1.54) is 5.56 Å². The van der Waals surface area contributed by atoms with Gasteiger partial charge in [0.2, 0.25) is 0 Å². The van der Waals surface area contributed by atoms with Crippen LogP contribution < -0.4 is 10.5 Å². The predicted octanol–water partition coefficient (Wildman–Crippen LogP) is 3.76. The van der Waals surface area contributed by atoms with E-state index in [1.54, 1.807) is 7.11 Å². The van der Waals surface area contributed by atoms with Gasteiger partial charge in [-0.25, -0.2) is 0 Å². The van der Waals surface area contributed by atoms with Gasteiger partial charge < -0.3 is 15.2 Å². The maximum absolute atomic E-state index is 6.50. The molecule has 3 heteroatoms. The molecule has 114 valence electrons. The van der Waals surface area contributed by atoms with Crippen LogP contribution in [0.3, 0.4) is 0 Å². The van der Waals surface area contributed by atoms with Crippen LogP contribution in [-0.2, 0) is 4.74 Å². The fraction of sp³-hybridized carbons (Fsp3) is 0.647. The summed E-state index contributed by atoms with van der Waals surface area (Å²) in [5.74, 6) is 0.881. The minimum absolute atomic E-state index is 0.0285. The van der Waals surface area contributed by atoms with Gasteiger partial charge >= 0.3 is 0 Å². The Morgan fingerprint density at radius 2 is 1.80 bits per heavy atom. The van der Waals surface area contributed by atoms with E-state index in [2.05, 4.69) is 46.8 Å². The Kier molecular flexibility index (Phi) is 5.60. The second kappa shape index (κ2) is 6.59. The van der Waals surface area contributed by atoms with Crippen molar-refractivity contribution in [2.45, 2.75) is 53.7 Å². The molecule has 2 unspecified atom stereocenters. The zero-order valence-corrected chi connectivity index (χ0v) is 13.9. The third-order valence-electron chi connectivity index (χ3n) is 3.80. The van der Waals surface area contributed by atoms with Crippen LogP contribution in [0.15, 0.2) is 12.1 Å². The molecule has 1 rings (SSSR count). The highest BCUT2D eigenvalue weighted by Gasteiger charge is 2.33. The first-order valence-corrected chi connectivity index (χ1v) is 7.25. The van der Waals surface area contributed by atoms with Gasteiger partial charge in [0.05, 0.1) is 19.3 Å². The molecule has 3 nitrogen and oxygen atoms in total.